The lowest BCUT2D eigenvalue weighted by atomic mass is 9.99. The van der Waals surface area contributed by atoms with E-state index >= 15 is 0 Å². The molecule has 1 aliphatic rings. The van der Waals surface area contributed by atoms with Crippen LogP contribution in [-0.4, -0.2) is 26.9 Å². The molecule has 1 aromatic carbocycles. The number of amides is 1. The monoisotopic (exact) mass is 365 g/mol. The van der Waals surface area contributed by atoms with Gasteiger partial charge in [-0.25, -0.2) is 8.42 Å². The molecule has 1 amide bonds. The van der Waals surface area contributed by atoms with Crippen LogP contribution in [0.15, 0.2) is 39.9 Å². The first-order valence-electron chi connectivity index (χ1n) is 7.65. The number of nitrogens with two attached hydrogens (primary N) is 1. The summed E-state index contributed by atoms with van der Waals surface area (Å²) in [6.07, 6.45) is 1.62. The van der Waals surface area contributed by atoms with Crippen LogP contribution in [0.4, 0.5) is 11.4 Å². The van der Waals surface area contributed by atoms with Crippen molar-refractivity contribution >= 4 is 38.6 Å². The van der Waals surface area contributed by atoms with Crippen LogP contribution in [0.3, 0.4) is 0 Å². The highest BCUT2D eigenvalue weighted by Crippen LogP contribution is 2.31. The van der Waals surface area contributed by atoms with Crippen molar-refractivity contribution in [2.75, 3.05) is 17.2 Å². The van der Waals surface area contributed by atoms with Crippen LogP contribution >= 0.6 is 11.3 Å². The van der Waals surface area contributed by atoms with Gasteiger partial charge in [0, 0.05) is 17.9 Å². The number of thiophene rings is 1. The van der Waals surface area contributed by atoms with E-state index in [0.717, 1.165) is 35.4 Å². The highest BCUT2D eigenvalue weighted by molar-refractivity contribution is 7.91. The van der Waals surface area contributed by atoms with Gasteiger partial charge in [0.05, 0.1) is 6.04 Å². The van der Waals surface area contributed by atoms with Gasteiger partial charge in [-0.3, -0.25) is 4.79 Å². The fraction of sp³-hybridized carbons (Fsp3) is 0.312. The molecule has 2 heterocycles. The van der Waals surface area contributed by atoms with Gasteiger partial charge < -0.3 is 10.6 Å². The van der Waals surface area contributed by atoms with Gasteiger partial charge in [0.15, 0.2) is 0 Å². The Kier molecular flexibility index (Phi) is 4.62. The summed E-state index contributed by atoms with van der Waals surface area (Å²) in [5, 5.41) is 1.69. The van der Waals surface area contributed by atoms with Gasteiger partial charge in [-0.15, -0.1) is 11.3 Å². The van der Waals surface area contributed by atoms with E-state index in [1.54, 1.807) is 29.3 Å². The van der Waals surface area contributed by atoms with Crippen LogP contribution in [0.5, 0.6) is 0 Å². The van der Waals surface area contributed by atoms with E-state index in [2.05, 4.69) is 4.72 Å². The number of carbonyl (C=O) groups is 1. The van der Waals surface area contributed by atoms with E-state index in [1.165, 1.54) is 6.07 Å². The fourth-order valence-corrected chi connectivity index (χ4v) is 5.08. The molecule has 1 aliphatic heterocycles. The van der Waals surface area contributed by atoms with Gasteiger partial charge in [-0.2, -0.15) is 4.72 Å². The summed E-state index contributed by atoms with van der Waals surface area (Å²) in [7, 11) is -3.69. The molecule has 24 heavy (non-hydrogen) atoms. The van der Waals surface area contributed by atoms with Crippen LogP contribution in [0, 0.1) is 0 Å². The average Bonchev–Trinajstić information content (AvgIpc) is 3.09. The normalized spacial score (nSPS) is 15.8. The van der Waals surface area contributed by atoms with Crippen molar-refractivity contribution in [2.45, 2.75) is 30.0 Å². The Bertz CT molecular complexity index is 847. The molecule has 0 saturated heterocycles. The maximum atomic E-state index is 12.8. The molecule has 6 nitrogen and oxygen atoms in total. The van der Waals surface area contributed by atoms with Crippen LogP contribution in [0.2, 0.25) is 0 Å². The summed E-state index contributed by atoms with van der Waals surface area (Å²) < 4.78 is 27.3. The van der Waals surface area contributed by atoms with Crippen molar-refractivity contribution in [3.8, 4) is 0 Å². The Morgan fingerprint density at radius 2 is 2.12 bits per heavy atom. The van der Waals surface area contributed by atoms with Crippen LogP contribution < -0.4 is 15.4 Å². The Morgan fingerprint density at radius 1 is 1.33 bits per heavy atom. The van der Waals surface area contributed by atoms with Crippen molar-refractivity contribution in [2.24, 2.45) is 0 Å². The number of hydrogen-bond acceptors (Lipinski definition) is 5. The van der Waals surface area contributed by atoms with Gasteiger partial charge in [0.25, 0.3) is 10.0 Å². The third-order valence-corrected chi connectivity index (χ3v) is 6.95. The van der Waals surface area contributed by atoms with E-state index in [1.807, 2.05) is 12.1 Å². The molecule has 3 rings (SSSR count). The minimum atomic E-state index is -3.69. The standard InChI is InChI=1S/C16H19N3O3S2/c1-11(18-24(21,22)15-8-4-10-23-15)16(20)19-9-3-5-12-13(17)6-2-7-14(12)19/h2,4,6-8,10-11,18H,3,5,9,17H2,1H3. The topological polar surface area (TPSA) is 92.5 Å². The highest BCUT2D eigenvalue weighted by Gasteiger charge is 2.30. The Labute approximate surface area is 145 Å². The van der Waals surface area contributed by atoms with E-state index in [9.17, 15) is 13.2 Å². The van der Waals surface area contributed by atoms with E-state index in [0.29, 0.717) is 12.2 Å². The summed E-state index contributed by atoms with van der Waals surface area (Å²) in [5.74, 6) is -0.276. The van der Waals surface area contributed by atoms with Crippen LogP contribution in [-0.2, 0) is 21.2 Å². The number of carbonyl (C=O) groups excluding carboxylic acids is 1. The number of anilines is 2. The number of nitrogen functional groups attached to an aromatic ring is 1. The maximum Gasteiger partial charge on any atom is 0.250 e. The molecular weight excluding hydrogens is 346 g/mol. The largest absolute Gasteiger partial charge is 0.398 e. The maximum absolute atomic E-state index is 12.8. The molecule has 1 aromatic heterocycles. The number of sulfonamides is 1. The zero-order valence-corrected chi connectivity index (χ0v) is 14.9. The molecule has 0 fully saturated rings. The van der Waals surface area contributed by atoms with Crippen LogP contribution in [0.25, 0.3) is 0 Å². The first kappa shape index (κ1) is 16.9. The van der Waals surface area contributed by atoms with Gasteiger partial charge in [-0.1, -0.05) is 12.1 Å². The summed E-state index contributed by atoms with van der Waals surface area (Å²) in [6, 6.07) is 7.79. The van der Waals surface area contributed by atoms with Gasteiger partial charge in [0.1, 0.15) is 4.21 Å². The third-order valence-electron chi connectivity index (χ3n) is 4.02. The predicted octanol–water partition coefficient (Wildman–Crippen LogP) is 1.98. The average molecular weight is 365 g/mol. The van der Waals surface area contributed by atoms with Gasteiger partial charge in [0.2, 0.25) is 5.91 Å². The van der Waals surface area contributed by atoms with Crippen molar-refractivity contribution in [1.82, 2.24) is 4.72 Å². The number of benzene rings is 1. The summed E-state index contributed by atoms with van der Waals surface area (Å²) in [4.78, 5) is 14.4. The number of nitrogens with one attached hydrogen (secondary N) is 1. The lowest BCUT2D eigenvalue weighted by Gasteiger charge is -2.32. The smallest absolute Gasteiger partial charge is 0.250 e. The minimum absolute atomic E-state index is 0.199. The second-order valence-corrected chi connectivity index (χ2v) is 8.60. The lowest BCUT2D eigenvalue weighted by molar-refractivity contribution is -0.119. The second kappa shape index (κ2) is 6.54. The Morgan fingerprint density at radius 3 is 2.83 bits per heavy atom. The second-order valence-electron chi connectivity index (χ2n) is 5.71. The summed E-state index contributed by atoms with van der Waals surface area (Å²) in [5.41, 5.74) is 8.38. The first-order valence-corrected chi connectivity index (χ1v) is 10.0. The lowest BCUT2D eigenvalue weighted by Crippen LogP contribution is -2.48. The minimum Gasteiger partial charge on any atom is -0.398 e. The molecule has 1 unspecified atom stereocenters. The predicted molar refractivity (Wildman–Crippen MR) is 95.6 cm³/mol. The summed E-state index contributed by atoms with van der Waals surface area (Å²) in [6.45, 7) is 2.12. The number of fused-ring (bicyclic) bond motifs is 1. The zero-order chi connectivity index (χ0) is 17.3. The number of rotatable bonds is 4. The number of nitrogens with zero attached hydrogens (tertiary/aromatic N) is 1. The molecule has 0 spiro atoms. The van der Waals surface area contributed by atoms with Crippen molar-refractivity contribution < 1.29 is 13.2 Å². The van der Waals surface area contributed by atoms with Crippen molar-refractivity contribution in [3.63, 3.8) is 0 Å². The Hall–Kier alpha value is -1.90. The molecule has 2 aromatic rings. The molecule has 8 heteroatoms. The van der Waals surface area contributed by atoms with Crippen molar-refractivity contribution in [3.05, 3.63) is 41.3 Å². The third kappa shape index (κ3) is 3.17. The van der Waals surface area contributed by atoms with Crippen molar-refractivity contribution in [1.29, 1.82) is 0 Å². The molecule has 128 valence electrons. The molecule has 0 saturated carbocycles. The highest BCUT2D eigenvalue weighted by atomic mass is 32.2. The van der Waals surface area contributed by atoms with Gasteiger partial charge in [-0.05, 0) is 48.9 Å². The summed E-state index contributed by atoms with van der Waals surface area (Å²) >= 11 is 1.12. The van der Waals surface area contributed by atoms with Crippen LogP contribution in [0.1, 0.15) is 18.9 Å². The Balaban J connectivity index is 1.82. The fourth-order valence-electron chi connectivity index (χ4n) is 2.87. The molecule has 0 radical (unpaired) electrons. The van der Waals surface area contributed by atoms with E-state index in [4.69, 9.17) is 5.73 Å². The molecule has 1 atom stereocenters. The van der Waals surface area contributed by atoms with Gasteiger partial charge >= 0.3 is 0 Å². The quantitative estimate of drug-likeness (QED) is 0.810. The first-order chi connectivity index (χ1) is 11.4. The molecule has 0 aliphatic carbocycles. The number of hydrogen-bond donors (Lipinski definition) is 2. The van der Waals surface area contributed by atoms with E-state index in [-0.39, 0.29) is 10.1 Å². The van der Waals surface area contributed by atoms with E-state index < -0.39 is 16.1 Å². The SMILES string of the molecule is CC(NS(=O)(=O)c1cccs1)C(=O)N1CCCc2c(N)cccc21. The molecular formula is C16H19N3O3S2. The molecule has 0 bridgehead atoms. The zero-order valence-electron chi connectivity index (χ0n) is 13.2. The molecule has 3 N–H and O–H groups in total.